The van der Waals surface area contributed by atoms with Gasteiger partial charge in [0.15, 0.2) is 0 Å². The molecule has 0 aliphatic rings. The first kappa shape index (κ1) is 12.8. The minimum Gasteiger partial charge on any atom is -0.467 e. The van der Waals surface area contributed by atoms with Crippen molar-refractivity contribution in [3.8, 4) is 0 Å². The molecule has 0 fully saturated rings. The summed E-state index contributed by atoms with van der Waals surface area (Å²) < 4.78 is 7.37. The third-order valence-corrected chi connectivity index (χ3v) is 2.94. The fourth-order valence-electron chi connectivity index (χ4n) is 2.00. The number of rotatable bonds is 6. The quantitative estimate of drug-likeness (QED) is 0.596. The predicted molar refractivity (Wildman–Crippen MR) is 67.5 cm³/mol. The van der Waals surface area contributed by atoms with Crippen LogP contribution in [0.2, 0.25) is 0 Å². The number of nitrogens with one attached hydrogen (secondary N) is 1. The fourth-order valence-corrected chi connectivity index (χ4v) is 2.00. The van der Waals surface area contributed by atoms with Crippen molar-refractivity contribution in [2.24, 2.45) is 5.84 Å². The second-order valence-electron chi connectivity index (χ2n) is 4.29. The van der Waals surface area contributed by atoms with Gasteiger partial charge >= 0.3 is 0 Å². The van der Waals surface area contributed by atoms with E-state index in [4.69, 9.17) is 10.3 Å². The Morgan fingerprint density at radius 2 is 2.39 bits per heavy atom. The monoisotopic (exact) mass is 249 g/mol. The van der Waals surface area contributed by atoms with Crippen LogP contribution in [-0.2, 0) is 13.0 Å². The molecule has 18 heavy (non-hydrogen) atoms. The molecule has 2 aromatic heterocycles. The number of nitrogens with zero attached hydrogens (tertiary/aromatic N) is 3. The molecule has 3 N–H and O–H groups in total. The van der Waals surface area contributed by atoms with E-state index in [0.29, 0.717) is 6.42 Å². The van der Waals surface area contributed by atoms with Gasteiger partial charge in [-0.2, -0.15) is 5.10 Å². The van der Waals surface area contributed by atoms with Gasteiger partial charge < -0.3 is 4.42 Å². The number of aryl methyl sites for hydroxylation is 2. The maximum absolute atomic E-state index is 5.61. The van der Waals surface area contributed by atoms with E-state index in [1.807, 2.05) is 17.7 Å². The summed E-state index contributed by atoms with van der Waals surface area (Å²) >= 11 is 0. The lowest BCUT2D eigenvalue weighted by Gasteiger charge is -2.14. The van der Waals surface area contributed by atoms with Gasteiger partial charge in [-0.05, 0) is 25.0 Å². The molecule has 0 aromatic carbocycles. The highest BCUT2D eigenvalue weighted by Gasteiger charge is 2.19. The van der Waals surface area contributed by atoms with E-state index >= 15 is 0 Å². The van der Waals surface area contributed by atoms with Gasteiger partial charge in [0, 0.05) is 13.0 Å². The standard InChI is InChI=1S/C12H19N5O/c1-3-5-17-11(14-8-15-17)7-10(16-13)12-9(2)4-6-18-12/h4,6,8,10,16H,3,5,7,13H2,1-2H3. The third kappa shape index (κ3) is 2.60. The molecule has 98 valence electrons. The average molecular weight is 249 g/mol. The lowest BCUT2D eigenvalue weighted by molar-refractivity contribution is 0.401. The summed E-state index contributed by atoms with van der Waals surface area (Å²) in [5.74, 6) is 7.37. The summed E-state index contributed by atoms with van der Waals surface area (Å²) in [6, 6.07) is 1.84. The Kier molecular flexibility index (Phi) is 4.11. The smallest absolute Gasteiger partial charge is 0.138 e. The van der Waals surface area contributed by atoms with Crippen molar-refractivity contribution >= 4 is 0 Å². The molecule has 0 amide bonds. The maximum atomic E-state index is 5.61. The molecule has 2 heterocycles. The van der Waals surface area contributed by atoms with Crippen LogP contribution >= 0.6 is 0 Å². The van der Waals surface area contributed by atoms with E-state index in [2.05, 4.69) is 22.4 Å². The van der Waals surface area contributed by atoms with Crippen LogP contribution in [-0.4, -0.2) is 14.8 Å². The minimum atomic E-state index is -0.0835. The van der Waals surface area contributed by atoms with Crippen LogP contribution < -0.4 is 11.3 Å². The Morgan fingerprint density at radius 1 is 1.56 bits per heavy atom. The molecule has 0 aliphatic carbocycles. The number of aromatic nitrogens is 3. The van der Waals surface area contributed by atoms with Crippen LogP contribution in [0, 0.1) is 6.92 Å². The zero-order valence-corrected chi connectivity index (χ0v) is 10.8. The second kappa shape index (κ2) is 5.79. The molecule has 0 saturated carbocycles. The molecule has 0 saturated heterocycles. The van der Waals surface area contributed by atoms with Crippen LogP contribution in [0.5, 0.6) is 0 Å². The highest BCUT2D eigenvalue weighted by atomic mass is 16.3. The number of furan rings is 1. The van der Waals surface area contributed by atoms with E-state index in [1.54, 1.807) is 12.6 Å². The fraction of sp³-hybridized carbons (Fsp3) is 0.500. The van der Waals surface area contributed by atoms with Crippen LogP contribution in [0.1, 0.15) is 36.5 Å². The van der Waals surface area contributed by atoms with Crippen molar-refractivity contribution in [1.82, 2.24) is 20.2 Å². The molecule has 2 rings (SSSR count). The highest BCUT2D eigenvalue weighted by Crippen LogP contribution is 2.21. The van der Waals surface area contributed by atoms with Crippen LogP contribution in [0.3, 0.4) is 0 Å². The maximum Gasteiger partial charge on any atom is 0.138 e. The number of nitrogens with two attached hydrogens (primary N) is 1. The molecular weight excluding hydrogens is 230 g/mol. The van der Waals surface area contributed by atoms with Gasteiger partial charge in [0.25, 0.3) is 0 Å². The lowest BCUT2D eigenvalue weighted by atomic mass is 10.1. The first-order valence-corrected chi connectivity index (χ1v) is 6.13. The summed E-state index contributed by atoms with van der Waals surface area (Å²) in [6.45, 7) is 4.98. The van der Waals surface area contributed by atoms with Crippen molar-refractivity contribution in [2.45, 2.75) is 39.3 Å². The van der Waals surface area contributed by atoms with Gasteiger partial charge in [-0.3, -0.25) is 10.5 Å². The minimum absolute atomic E-state index is 0.0835. The Balaban J connectivity index is 2.15. The van der Waals surface area contributed by atoms with E-state index < -0.39 is 0 Å². The SMILES string of the molecule is CCCn1ncnc1CC(NN)c1occc1C. The molecule has 2 aromatic rings. The third-order valence-electron chi connectivity index (χ3n) is 2.94. The number of hydrogen-bond acceptors (Lipinski definition) is 5. The first-order chi connectivity index (χ1) is 8.76. The van der Waals surface area contributed by atoms with Gasteiger partial charge in [-0.25, -0.2) is 10.4 Å². The van der Waals surface area contributed by atoms with Crippen molar-refractivity contribution in [3.05, 3.63) is 35.8 Å². The van der Waals surface area contributed by atoms with E-state index in [9.17, 15) is 0 Å². The summed E-state index contributed by atoms with van der Waals surface area (Å²) in [4.78, 5) is 4.28. The summed E-state index contributed by atoms with van der Waals surface area (Å²) in [6.07, 6.45) is 4.93. The van der Waals surface area contributed by atoms with E-state index in [1.165, 1.54) is 0 Å². The normalized spacial score (nSPS) is 12.8. The predicted octanol–water partition coefficient (Wildman–Crippen LogP) is 1.34. The molecule has 6 nitrogen and oxygen atoms in total. The molecule has 0 radical (unpaired) electrons. The van der Waals surface area contributed by atoms with Crippen LogP contribution in [0.15, 0.2) is 23.1 Å². The highest BCUT2D eigenvalue weighted by molar-refractivity contribution is 5.19. The zero-order chi connectivity index (χ0) is 13.0. The Morgan fingerprint density at radius 3 is 3.00 bits per heavy atom. The number of hydrogen-bond donors (Lipinski definition) is 2. The molecule has 0 bridgehead atoms. The van der Waals surface area contributed by atoms with Gasteiger partial charge in [0.1, 0.15) is 17.9 Å². The largest absolute Gasteiger partial charge is 0.467 e. The molecular formula is C12H19N5O. The molecule has 1 unspecified atom stereocenters. The zero-order valence-electron chi connectivity index (χ0n) is 10.8. The second-order valence-corrected chi connectivity index (χ2v) is 4.29. The Hall–Kier alpha value is -1.66. The van der Waals surface area contributed by atoms with E-state index in [0.717, 1.165) is 30.1 Å². The molecule has 6 heteroatoms. The molecule has 1 atom stereocenters. The topological polar surface area (TPSA) is 81.9 Å². The van der Waals surface area contributed by atoms with Crippen LogP contribution in [0.4, 0.5) is 0 Å². The van der Waals surface area contributed by atoms with Crippen molar-refractivity contribution in [1.29, 1.82) is 0 Å². The van der Waals surface area contributed by atoms with Gasteiger partial charge in [0.2, 0.25) is 0 Å². The summed E-state index contributed by atoms with van der Waals surface area (Å²) in [5, 5.41) is 4.20. The van der Waals surface area contributed by atoms with Gasteiger partial charge in [0.05, 0.1) is 12.3 Å². The van der Waals surface area contributed by atoms with E-state index in [-0.39, 0.29) is 6.04 Å². The molecule has 0 spiro atoms. The number of hydrazine groups is 1. The van der Waals surface area contributed by atoms with Crippen LogP contribution in [0.25, 0.3) is 0 Å². The summed E-state index contributed by atoms with van der Waals surface area (Å²) in [7, 11) is 0. The Bertz CT molecular complexity index is 490. The van der Waals surface area contributed by atoms with Crippen molar-refractivity contribution in [2.75, 3.05) is 0 Å². The van der Waals surface area contributed by atoms with Crippen molar-refractivity contribution in [3.63, 3.8) is 0 Å². The first-order valence-electron chi connectivity index (χ1n) is 6.13. The summed E-state index contributed by atoms with van der Waals surface area (Å²) in [5.41, 5.74) is 3.86. The van der Waals surface area contributed by atoms with Gasteiger partial charge in [-0.15, -0.1) is 0 Å². The van der Waals surface area contributed by atoms with Crippen molar-refractivity contribution < 1.29 is 4.42 Å². The molecule has 0 aliphatic heterocycles. The lowest BCUT2D eigenvalue weighted by Crippen LogP contribution is -2.30. The van der Waals surface area contributed by atoms with Gasteiger partial charge in [-0.1, -0.05) is 6.92 Å². The average Bonchev–Trinajstić information content (AvgIpc) is 2.96. The Labute approximate surface area is 106 Å².